The van der Waals surface area contributed by atoms with E-state index >= 15 is 0 Å². The van der Waals surface area contributed by atoms with Crippen molar-refractivity contribution in [3.8, 4) is 0 Å². The number of allylic oxidation sites excluding steroid dienone is 11. The Labute approximate surface area is 167 Å². The summed E-state index contributed by atoms with van der Waals surface area (Å²) in [7, 11) is 0. The van der Waals surface area contributed by atoms with Crippen LogP contribution in [0.5, 0.6) is 0 Å². The number of hydrogen-bond donors (Lipinski definition) is 1. The van der Waals surface area contributed by atoms with Gasteiger partial charge in [0.2, 0.25) is 0 Å². The molecule has 0 aromatic carbocycles. The maximum absolute atomic E-state index is 3.65. The molecule has 1 heteroatoms. The first-order chi connectivity index (χ1) is 13.4. The zero-order chi connectivity index (χ0) is 18.8. The first kappa shape index (κ1) is 21.5. The highest BCUT2D eigenvalue weighted by atomic mass is 14.9. The second-order valence-electron chi connectivity index (χ2n) is 7.86. The van der Waals surface area contributed by atoms with Crippen LogP contribution in [0.4, 0.5) is 0 Å². The fourth-order valence-corrected chi connectivity index (χ4v) is 3.90. The van der Waals surface area contributed by atoms with E-state index in [0.717, 1.165) is 12.5 Å². The van der Waals surface area contributed by atoms with Gasteiger partial charge in [-0.15, -0.1) is 0 Å². The Bertz CT molecular complexity index is 533. The van der Waals surface area contributed by atoms with Gasteiger partial charge < -0.3 is 5.32 Å². The minimum atomic E-state index is 0.899. The third kappa shape index (κ3) is 11.5. The summed E-state index contributed by atoms with van der Waals surface area (Å²) in [6.45, 7) is 1.08. The van der Waals surface area contributed by atoms with Crippen molar-refractivity contribution in [3.05, 3.63) is 72.5 Å². The van der Waals surface area contributed by atoms with Crippen molar-refractivity contribution in [2.24, 2.45) is 5.92 Å². The predicted molar refractivity (Wildman–Crippen MR) is 121 cm³/mol. The molecule has 0 unspecified atom stereocenters. The lowest BCUT2D eigenvalue weighted by atomic mass is 9.90. The summed E-state index contributed by atoms with van der Waals surface area (Å²) in [5.74, 6) is 0.899. The van der Waals surface area contributed by atoms with Gasteiger partial charge in [0.1, 0.15) is 0 Å². The molecule has 148 valence electrons. The quantitative estimate of drug-likeness (QED) is 0.542. The van der Waals surface area contributed by atoms with Crippen LogP contribution in [0.15, 0.2) is 72.5 Å². The molecule has 0 aromatic rings. The first-order valence-electron chi connectivity index (χ1n) is 11.2. The Hall–Kier alpha value is -1.76. The molecule has 0 atom stereocenters. The zero-order valence-corrected chi connectivity index (χ0v) is 17.1. The lowest BCUT2D eigenvalue weighted by Crippen LogP contribution is -2.17. The summed E-state index contributed by atoms with van der Waals surface area (Å²) < 4.78 is 0. The first-order valence-corrected chi connectivity index (χ1v) is 11.2. The second-order valence-corrected chi connectivity index (χ2v) is 7.86. The van der Waals surface area contributed by atoms with Crippen LogP contribution < -0.4 is 5.32 Å². The molecule has 0 heterocycles. The summed E-state index contributed by atoms with van der Waals surface area (Å²) in [6.07, 6.45) is 40.2. The van der Waals surface area contributed by atoms with Gasteiger partial charge >= 0.3 is 0 Å². The van der Waals surface area contributed by atoms with Gasteiger partial charge in [0.05, 0.1) is 0 Å². The molecule has 0 aliphatic heterocycles. The van der Waals surface area contributed by atoms with E-state index in [1.54, 1.807) is 0 Å². The summed E-state index contributed by atoms with van der Waals surface area (Å²) >= 11 is 0. The molecule has 0 radical (unpaired) electrons. The summed E-state index contributed by atoms with van der Waals surface area (Å²) in [6, 6.07) is 0. The van der Waals surface area contributed by atoms with Crippen LogP contribution in [0.2, 0.25) is 0 Å². The SMILES string of the molecule is C1=C\C=C/C=C(NCCC2CCCCCCCCCCC2)\C=C/C=C/C=C1. The molecule has 1 N–H and O–H groups in total. The standard InChI is InChI=1S/C26H39N/c1-3-7-11-15-19-25(20-16-12-8-4-1)23-24-27-26-21-17-13-9-5-2-6-10-14-18-22-26/h2,5-6,9-10,13-14,17-18,21-22,25,27H,1,3-4,7-8,11-12,15-16,19-20,23-24H2/b5-2?,6-2?,9-5?,10-6?,13-9+,14-10?,17-13?,18-14-,21-17-,22-18?,26-21?,26-22+. The highest BCUT2D eigenvalue weighted by Crippen LogP contribution is 2.23. The van der Waals surface area contributed by atoms with Crippen LogP contribution in [0.3, 0.4) is 0 Å². The molecule has 0 amide bonds. The molecule has 0 saturated heterocycles. The third-order valence-corrected chi connectivity index (χ3v) is 5.55. The van der Waals surface area contributed by atoms with Crippen LogP contribution in [0.1, 0.15) is 77.0 Å². The van der Waals surface area contributed by atoms with E-state index in [1.807, 2.05) is 6.08 Å². The fourth-order valence-electron chi connectivity index (χ4n) is 3.90. The van der Waals surface area contributed by atoms with Crippen molar-refractivity contribution >= 4 is 0 Å². The number of nitrogens with one attached hydrogen (secondary N) is 1. The lowest BCUT2D eigenvalue weighted by Gasteiger charge is -2.18. The van der Waals surface area contributed by atoms with Gasteiger partial charge in [-0.1, -0.05) is 125 Å². The largest absolute Gasteiger partial charge is 0.385 e. The molecule has 0 bridgehead atoms. The molecule has 0 aromatic heterocycles. The van der Waals surface area contributed by atoms with Gasteiger partial charge in [-0.2, -0.15) is 0 Å². The average Bonchev–Trinajstić information content (AvgIpc) is 2.65. The Kier molecular flexibility index (Phi) is 12.2. The van der Waals surface area contributed by atoms with Gasteiger partial charge in [0.25, 0.3) is 0 Å². The monoisotopic (exact) mass is 365 g/mol. The zero-order valence-electron chi connectivity index (χ0n) is 17.1. The van der Waals surface area contributed by atoms with Gasteiger partial charge in [0, 0.05) is 12.2 Å². The molecule has 27 heavy (non-hydrogen) atoms. The molecule has 2 aliphatic carbocycles. The van der Waals surface area contributed by atoms with E-state index < -0.39 is 0 Å². The second kappa shape index (κ2) is 15.3. The van der Waals surface area contributed by atoms with E-state index in [0.29, 0.717) is 0 Å². The van der Waals surface area contributed by atoms with E-state index in [2.05, 4.69) is 66.1 Å². The van der Waals surface area contributed by atoms with Crippen molar-refractivity contribution in [2.45, 2.75) is 77.0 Å². The average molecular weight is 366 g/mol. The topological polar surface area (TPSA) is 12.0 Å². The van der Waals surface area contributed by atoms with E-state index in [-0.39, 0.29) is 0 Å². The van der Waals surface area contributed by atoms with Gasteiger partial charge in [-0.3, -0.25) is 0 Å². The van der Waals surface area contributed by atoms with Crippen molar-refractivity contribution in [1.82, 2.24) is 5.32 Å². The Morgan fingerprint density at radius 1 is 0.593 bits per heavy atom. The molecular formula is C26H39N. The van der Waals surface area contributed by atoms with Crippen LogP contribution in [-0.4, -0.2) is 6.54 Å². The maximum Gasteiger partial charge on any atom is 0.0340 e. The van der Waals surface area contributed by atoms with Crippen molar-refractivity contribution < 1.29 is 0 Å². The third-order valence-electron chi connectivity index (χ3n) is 5.55. The molecule has 2 rings (SSSR count). The van der Waals surface area contributed by atoms with Crippen LogP contribution in [-0.2, 0) is 0 Å². The molecule has 1 nitrogen and oxygen atoms in total. The number of rotatable bonds is 4. The van der Waals surface area contributed by atoms with Gasteiger partial charge in [-0.05, 0) is 24.5 Å². The van der Waals surface area contributed by atoms with Crippen molar-refractivity contribution in [2.75, 3.05) is 6.54 Å². The predicted octanol–water partition coefficient (Wildman–Crippen LogP) is 7.57. The molecule has 1 saturated carbocycles. The van der Waals surface area contributed by atoms with Crippen LogP contribution in [0, 0.1) is 5.92 Å². The fraction of sp³-hybridized carbons (Fsp3) is 0.538. The smallest absolute Gasteiger partial charge is 0.0340 e. The highest BCUT2D eigenvalue weighted by molar-refractivity contribution is 5.28. The Morgan fingerprint density at radius 2 is 1.07 bits per heavy atom. The normalized spacial score (nSPS) is 26.3. The van der Waals surface area contributed by atoms with Crippen molar-refractivity contribution in [3.63, 3.8) is 0 Å². The minimum Gasteiger partial charge on any atom is -0.385 e. The number of hydrogen-bond acceptors (Lipinski definition) is 1. The molecule has 1 fully saturated rings. The highest BCUT2D eigenvalue weighted by Gasteiger charge is 2.09. The van der Waals surface area contributed by atoms with E-state index in [4.69, 9.17) is 0 Å². The lowest BCUT2D eigenvalue weighted by molar-refractivity contribution is 0.372. The maximum atomic E-state index is 3.65. The summed E-state index contributed by atoms with van der Waals surface area (Å²) in [5.41, 5.74) is 1.20. The van der Waals surface area contributed by atoms with Crippen LogP contribution >= 0.6 is 0 Å². The van der Waals surface area contributed by atoms with E-state index in [9.17, 15) is 0 Å². The van der Waals surface area contributed by atoms with E-state index in [1.165, 1.54) is 82.7 Å². The molecule has 0 spiro atoms. The van der Waals surface area contributed by atoms with Crippen LogP contribution in [0.25, 0.3) is 0 Å². The van der Waals surface area contributed by atoms with Crippen molar-refractivity contribution in [1.29, 1.82) is 0 Å². The molecular weight excluding hydrogens is 326 g/mol. The Balaban J connectivity index is 1.79. The molecule has 2 aliphatic rings. The summed E-state index contributed by atoms with van der Waals surface area (Å²) in [5, 5.41) is 3.65. The van der Waals surface area contributed by atoms with Gasteiger partial charge in [-0.25, -0.2) is 0 Å². The Morgan fingerprint density at radius 3 is 1.67 bits per heavy atom. The summed E-state index contributed by atoms with van der Waals surface area (Å²) in [4.78, 5) is 0. The van der Waals surface area contributed by atoms with Gasteiger partial charge in [0.15, 0.2) is 0 Å². The minimum absolute atomic E-state index is 0.899.